The van der Waals surface area contributed by atoms with Crippen molar-refractivity contribution in [2.24, 2.45) is 0 Å². The van der Waals surface area contributed by atoms with E-state index >= 15 is 0 Å². The van der Waals surface area contributed by atoms with Crippen LogP contribution in [0.4, 0.5) is 5.69 Å². The number of rotatable bonds is 18. The summed E-state index contributed by atoms with van der Waals surface area (Å²) in [4.78, 5) is 11.7. The zero-order chi connectivity index (χ0) is 25.1. The number of nitrogens with one attached hydrogen (secondary N) is 3. The number of hydrogen-bond acceptors (Lipinski definition) is 4. The molecule has 0 fully saturated rings. The third kappa shape index (κ3) is 19.1. The molecule has 0 saturated heterocycles. The van der Waals surface area contributed by atoms with Crippen molar-refractivity contribution in [2.75, 3.05) is 5.32 Å². The van der Waals surface area contributed by atoms with Crippen LogP contribution in [0.3, 0.4) is 0 Å². The molecule has 0 aliphatic heterocycles. The van der Waals surface area contributed by atoms with Crippen molar-refractivity contribution in [3.8, 4) is 0 Å². The first kappa shape index (κ1) is 34.3. The molecule has 1 aromatic rings. The van der Waals surface area contributed by atoms with Gasteiger partial charge in [-0.2, -0.15) is 8.42 Å². The normalized spacial score (nSPS) is 10.9. The molecule has 0 aliphatic rings. The number of anilines is 1. The van der Waals surface area contributed by atoms with Crippen LogP contribution in [0.2, 0.25) is 0 Å². The van der Waals surface area contributed by atoms with E-state index in [1.54, 1.807) is 0 Å². The Labute approximate surface area is 240 Å². The van der Waals surface area contributed by atoms with Crippen LogP contribution < -0.4 is 16.2 Å². The third-order valence-electron chi connectivity index (χ3n) is 5.73. The summed E-state index contributed by atoms with van der Waals surface area (Å²) in [5.74, 6) is -0.124. The predicted molar refractivity (Wildman–Crippen MR) is 149 cm³/mol. The van der Waals surface area contributed by atoms with E-state index in [0.717, 1.165) is 19.3 Å². The second-order valence-electron chi connectivity index (χ2n) is 8.83. The summed E-state index contributed by atoms with van der Waals surface area (Å²) in [6, 6.07) is 5.45. The molecular weight excluding hydrogens is 493 g/mol. The van der Waals surface area contributed by atoms with Gasteiger partial charge in [0.1, 0.15) is 0 Å². The minimum Gasteiger partial charge on any atom is -0.331 e. The van der Waals surface area contributed by atoms with Crippen LogP contribution in [-0.2, 0) is 14.9 Å². The van der Waals surface area contributed by atoms with E-state index in [0.29, 0.717) is 12.1 Å². The van der Waals surface area contributed by atoms with Crippen molar-refractivity contribution in [1.29, 1.82) is 0 Å². The maximum atomic E-state index is 11.9. The van der Waals surface area contributed by atoms with Gasteiger partial charge in [-0.15, -0.1) is 0 Å². The van der Waals surface area contributed by atoms with Crippen LogP contribution in [0.5, 0.6) is 0 Å². The maximum Gasteiger partial charge on any atom is 0.294 e. The molecule has 7 nitrogen and oxygen atoms in total. The predicted octanol–water partition coefficient (Wildman–Crippen LogP) is 6.13. The molecule has 0 spiro atoms. The van der Waals surface area contributed by atoms with Gasteiger partial charge in [-0.05, 0) is 42.9 Å². The first-order valence-corrected chi connectivity index (χ1v) is 14.6. The first-order valence-electron chi connectivity index (χ1n) is 12.8. The molecule has 1 aromatic carbocycles. The van der Waals surface area contributed by atoms with E-state index in [-0.39, 0.29) is 45.5 Å². The van der Waals surface area contributed by atoms with E-state index in [1.165, 1.54) is 101 Å². The molecule has 0 aromatic heterocycles. The summed E-state index contributed by atoms with van der Waals surface area (Å²) >= 11 is 5.11. The van der Waals surface area contributed by atoms with Gasteiger partial charge in [0.2, 0.25) is 5.91 Å². The number of amides is 1. The zero-order valence-electron chi connectivity index (χ0n) is 21.6. The Kier molecular flexibility index (Phi) is 20.9. The van der Waals surface area contributed by atoms with Crippen LogP contribution in [-0.4, -0.2) is 53.5 Å². The van der Waals surface area contributed by atoms with Crippen LogP contribution >= 0.6 is 12.2 Å². The summed E-state index contributed by atoms with van der Waals surface area (Å²) in [6.45, 7) is 2.26. The first-order chi connectivity index (χ1) is 16.3. The summed E-state index contributed by atoms with van der Waals surface area (Å²) in [7, 11) is -4.23. The quantitative estimate of drug-likeness (QED) is 0.0587. The number of carbonyl (C=O) groups is 1. The Hall–Kier alpha value is -0.710. The van der Waals surface area contributed by atoms with Crippen LogP contribution in [0.1, 0.15) is 110 Å². The van der Waals surface area contributed by atoms with Gasteiger partial charge in [0, 0.05) is 41.7 Å². The van der Waals surface area contributed by atoms with Crippen molar-refractivity contribution in [1.82, 2.24) is 10.9 Å². The van der Waals surface area contributed by atoms with Gasteiger partial charge in [-0.25, -0.2) is 0 Å². The number of benzene rings is 1. The van der Waals surface area contributed by atoms with Gasteiger partial charge in [-0.3, -0.25) is 20.2 Å². The Morgan fingerprint density at radius 3 is 1.63 bits per heavy atom. The second-order valence-corrected chi connectivity index (χ2v) is 10.7. The van der Waals surface area contributed by atoms with Crippen molar-refractivity contribution in [3.63, 3.8) is 0 Å². The van der Waals surface area contributed by atoms with Gasteiger partial charge >= 0.3 is 0 Å². The van der Waals surface area contributed by atoms with E-state index < -0.39 is 10.1 Å². The monoisotopic (exact) mass is 536 g/mol. The second kappa shape index (κ2) is 21.4. The Balaban J connectivity index is 0.0000116. The minimum atomic E-state index is -4.23. The molecule has 1 radical (unpaired) electrons. The molecule has 0 unspecified atom stereocenters. The van der Waals surface area contributed by atoms with Gasteiger partial charge in [0.05, 0.1) is 4.90 Å². The maximum absolute atomic E-state index is 11.9. The smallest absolute Gasteiger partial charge is 0.294 e. The molecular formula is C25H43N3NaO4S2. The van der Waals surface area contributed by atoms with E-state index in [1.807, 2.05) is 0 Å². The molecule has 1 rings (SSSR count). The van der Waals surface area contributed by atoms with Crippen LogP contribution in [0, 0.1) is 0 Å². The molecule has 0 atom stereocenters. The summed E-state index contributed by atoms with van der Waals surface area (Å²) < 4.78 is 31.1. The third-order valence-corrected chi connectivity index (χ3v) is 6.80. The molecule has 0 heterocycles. The number of unbranched alkanes of at least 4 members (excludes halogenated alkanes) is 14. The van der Waals surface area contributed by atoms with Crippen molar-refractivity contribution >= 4 is 68.6 Å². The molecule has 4 N–H and O–H groups in total. The van der Waals surface area contributed by atoms with Gasteiger partial charge in [-0.1, -0.05) is 96.8 Å². The average Bonchev–Trinajstić information content (AvgIpc) is 2.80. The number of carbonyl (C=O) groups excluding carboxylic acids is 1. The summed E-state index contributed by atoms with van der Waals surface area (Å²) in [5.41, 5.74) is 5.72. The van der Waals surface area contributed by atoms with Crippen molar-refractivity contribution in [2.45, 2.75) is 115 Å². The topological polar surface area (TPSA) is 108 Å². The van der Waals surface area contributed by atoms with Gasteiger partial charge < -0.3 is 5.32 Å². The van der Waals surface area contributed by atoms with E-state index in [2.05, 4.69) is 23.1 Å². The number of hydrazine groups is 1. The molecule has 10 heteroatoms. The minimum absolute atomic E-state index is 0. The van der Waals surface area contributed by atoms with Gasteiger partial charge in [0.15, 0.2) is 5.11 Å². The fourth-order valence-electron chi connectivity index (χ4n) is 3.72. The summed E-state index contributed by atoms with van der Waals surface area (Å²) in [6.07, 6.45) is 19.8. The van der Waals surface area contributed by atoms with Crippen molar-refractivity contribution in [3.05, 3.63) is 24.3 Å². The molecule has 0 saturated carbocycles. The Bertz CT molecular complexity index is 805. The Morgan fingerprint density at radius 1 is 0.771 bits per heavy atom. The number of hydrogen-bond donors (Lipinski definition) is 4. The standard InChI is InChI=1S/C25H43N3O4S2.Na/c1-2-3-4-5-6-7-8-9-10-11-12-13-14-15-16-17-24(29)27-28-25(33)26-22-18-20-23(21-19-22)34(30,31)32;/h18-21H,2-17H2,1H3,(H,27,29)(H2,26,28,33)(H,30,31,32);. The molecule has 1 amide bonds. The molecule has 195 valence electrons. The van der Waals surface area contributed by atoms with Crippen LogP contribution in [0.25, 0.3) is 0 Å². The van der Waals surface area contributed by atoms with E-state index in [9.17, 15) is 13.2 Å². The zero-order valence-corrected chi connectivity index (χ0v) is 25.2. The Morgan fingerprint density at radius 2 is 1.20 bits per heavy atom. The van der Waals surface area contributed by atoms with Crippen molar-refractivity contribution < 1.29 is 17.8 Å². The fraction of sp³-hybridized carbons (Fsp3) is 0.680. The molecule has 0 bridgehead atoms. The molecule has 0 aliphatic carbocycles. The largest absolute Gasteiger partial charge is 0.331 e. The molecule has 35 heavy (non-hydrogen) atoms. The summed E-state index contributed by atoms with van der Waals surface area (Å²) in [5, 5.41) is 3.01. The van der Waals surface area contributed by atoms with E-state index in [4.69, 9.17) is 16.8 Å². The number of thiocarbonyl (C=S) groups is 1. The van der Waals surface area contributed by atoms with Gasteiger partial charge in [0.25, 0.3) is 10.1 Å². The average molecular weight is 537 g/mol. The van der Waals surface area contributed by atoms with Crippen LogP contribution in [0.15, 0.2) is 29.2 Å². The SMILES string of the molecule is CCCCCCCCCCCCCCCCCC(=O)NNC(=S)Nc1ccc(S(=O)(=O)O)cc1.[Na]. The fourth-order valence-corrected chi connectivity index (χ4v) is 4.37.